The Hall–Kier alpha value is -3.81. The van der Waals surface area contributed by atoms with Crippen LogP contribution in [0.1, 0.15) is 27.5 Å². The highest BCUT2D eigenvalue weighted by atomic mass is 35.5. The van der Waals surface area contributed by atoms with Crippen molar-refractivity contribution >= 4 is 52.6 Å². The van der Waals surface area contributed by atoms with Gasteiger partial charge < -0.3 is 14.4 Å². The number of fused-ring (bicyclic) bond motifs is 5. The minimum absolute atomic E-state index is 0.271. The van der Waals surface area contributed by atoms with Crippen LogP contribution in [0, 0.1) is 11.8 Å². The molecule has 0 unspecified atom stereocenters. The van der Waals surface area contributed by atoms with Gasteiger partial charge in [0.25, 0.3) is 0 Å². The third-order valence-electron chi connectivity index (χ3n) is 7.51. The van der Waals surface area contributed by atoms with Crippen LogP contribution in [-0.4, -0.2) is 42.8 Å². The fourth-order valence-corrected chi connectivity index (χ4v) is 6.46. The Morgan fingerprint density at radius 1 is 0.868 bits per heavy atom. The first kappa shape index (κ1) is 24.5. The van der Waals surface area contributed by atoms with E-state index in [-0.39, 0.29) is 17.0 Å². The molecule has 0 spiro atoms. The molecule has 3 aliphatic heterocycles. The van der Waals surface area contributed by atoms with Crippen LogP contribution in [-0.2, 0) is 9.59 Å². The quantitative estimate of drug-likeness (QED) is 0.313. The van der Waals surface area contributed by atoms with E-state index in [0.717, 1.165) is 16.0 Å². The average Bonchev–Trinajstić information content (AvgIpc) is 3.39. The van der Waals surface area contributed by atoms with Gasteiger partial charge in [0.05, 0.1) is 43.3 Å². The lowest BCUT2D eigenvalue weighted by Crippen LogP contribution is -2.44. The number of methoxy groups -OCH3 is 2. The summed E-state index contributed by atoms with van der Waals surface area (Å²) in [6, 6.07) is 15.8. The number of nitrogens with zero attached hydrogens (tertiary/aromatic N) is 2. The van der Waals surface area contributed by atoms with Crippen molar-refractivity contribution in [3.63, 3.8) is 0 Å². The van der Waals surface area contributed by atoms with E-state index in [1.165, 1.54) is 32.4 Å². The number of rotatable bonds is 5. The lowest BCUT2D eigenvalue weighted by molar-refractivity contribution is -0.123. The lowest BCUT2D eigenvalue weighted by Gasteiger charge is -2.35. The van der Waals surface area contributed by atoms with Gasteiger partial charge in [-0.25, -0.2) is 4.90 Å². The standard InChI is InChI=1S/C29H22Cl2N2O5/c1-37-19-7-8-22(38-2)21(14-19)27(34)26-24-23(25-20-6-4-3-5-15(20)9-10-32(25)26)28(35)33(29(24)36)18-12-16(30)11-17(31)13-18/h3-14,23-26H,1-2H3/t23-,24+,25-,26-/m0/s1. The smallest absolute Gasteiger partial charge is 0.240 e. The van der Waals surface area contributed by atoms with E-state index in [2.05, 4.69) is 0 Å². The molecule has 6 rings (SSSR count). The largest absolute Gasteiger partial charge is 0.497 e. The average molecular weight is 549 g/mol. The number of ether oxygens (including phenoxy) is 2. The molecule has 2 saturated heterocycles. The van der Waals surface area contributed by atoms with E-state index in [1.54, 1.807) is 18.2 Å². The molecular weight excluding hydrogens is 527 g/mol. The molecule has 3 aromatic rings. The van der Waals surface area contributed by atoms with Crippen molar-refractivity contribution in [1.82, 2.24) is 4.90 Å². The number of hydrogen-bond acceptors (Lipinski definition) is 6. The molecule has 3 aliphatic rings. The van der Waals surface area contributed by atoms with Crippen LogP contribution < -0.4 is 14.4 Å². The predicted molar refractivity (Wildman–Crippen MR) is 144 cm³/mol. The minimum atomic E-state index is -0.952. The van der Waals surface area contributed by atoms with Gasteiger partial charge in [0, 0.05) is 16.2 Å². The molecular formula is C29H22Cl2N2O5. The molecule has 7 nitrogen and oxygen atoms in total. The first-order valence-corrected chi connectivity index (χ1v) is 12.7. The highest BCUT2D eigenvalue weighted by molar-refractivity contribution is 6.36. The normalized spacial score (nSPS) is 23.3. The van der Waals surface area contributed by atoms with Gasteiger partial charge in [-0.3, -0.25) is 14.4 Å². The Bertz CT molecular complexity index is 1520. The van der Waals surface area contributed by atoms with Crippen molar-refractivity contribution in [2.75, 3.05) is 19.1 Å². The Morgan fingerprint density at radius 2 is 1.58 bits per heavy atom. The number of amides is 2. The topological polar surface area (TPSA) is 76.1 Å². The Labute approximate surface area is 229 Å². The number of benzene rings is 3. The molecule has 9 heteroatoms. The van der Waals surface area contributed by atoms with Gasteiger partial charge in [0.1, 0.15) is 17.5 Å². The van der Waals surface area contributed by atoms with Gasteiger partial charge in [-0.15, -0.1) is 0 Å². The maximum atomic E-state index is 14.3. The van der Waals surface area contributed by atoms with Crippen LogP contribution in [0.3, 0.4) is 0 Å². The van der Waals surface area contributed by atoms with E-state index in [0.29, 0.717) is 21.5 Å². The summed E-state index contributed by atoms with van der Waals surface area (Å²) >= 11 is 12.4. The minimum Gasteiger partial charge on any atom is -0.497 e. The summed E-state index contributed by atoms with van der Waals surface area (Å²) < 4.78 is 10.8. The fourth-order valence-electron chi connectivity index (χ4n) is 5.95. The third-order valence-corrected chi connectivity index (χ3v) is 7.94. The molecule has 0 saturated carbocycles. The Kier molecular flexibility index (Phi) is 5.93. The summed E-state index contributed by atoms with van der Waals surface area (Å²) in [5.74, 6) is -2.11. The van der Waals surface area contributed by atoms with Gasteiger partial charge in [-0.2, -0.15) is 0 Å². The summed E-state index contributed by atoms with van der Waals surface area (Å²) in [6.45, 7) is 0. The second kappa shape index (κ2) is 9.19. The van der Waals surface area contributed by atoms with Crippen LogP contribution in [0.25, 0.3) is 6.08 Å². The van der Waals surface area contributed by atoms with Crippen LogP contribution in [0.15, 0.2) is 66.9 Å². The number of carbonyl (C=O) groups is 3. The van der Waals surface area contributed by atoms with Crippen LogP contribution in [0.2, 0.25) is 10.0 Å². The predicted octanol–water partition coefficient (Wildman–Crippen LogP) is 5.41. The zero-order valence-electron chi connectivity index (χ0n) is 20.4. The Morgan fingerprint density at radius 3 is 2.29 bits per heavy atom. The van der Waals surface area contributed by atoms with E-state index in [1.807, 2.05) is 41.4 Å². The molecule has 2 fully saturated rings. The number of carbonyl (C=O) groups excluding carboxylic acids is 3. The van der Waals surface area contributed by atoms with E-state index in [4.69, 9.17) is 32.7 Å². The van der Waals surface area contributed by atoms with Crippen molar-refractivity contribution < 1.29 is 23.9 Å². The molecule has 0 N–H and O–H groups in total. The summed E-state index contributed by atoms with van der Waals surface area (Å²) in [5, 5.41) is 0.595. The molecule has 3 aromatic carbocycles. The van der Waals surface area contributed by atoms with E-state index in [9.17, 15) is 14.4 Å². The molecule has 4 atom stereocenters. The highest BCUT2D eigenvalue weighted by Crippen LogP contribution is 2.54. The second-order valence-corrected chi connectivity index (χ2v) is 10.3. The summed E-state index contributed by atoms with van der Waals surface area (Å²) in [7, 11) is 2.99. The van der Waals surface area contributed by atoms with Crippen LogP contribution in [0.4, 0.5) is 5.69 Å². The van der Waals surface area contributed by atoms with Gasteiger partial charge in [-0.05, 0) is 53.6 Å². The SMILES string of the molecule is COc1ccc(OC)c(C(=O)[C@@H]2[C@@H]3C(=O)N(c4cc(Cl)cc(Cl)c4)C(=O)[C@@H]3[C@@H]3c4ccccc4C=CN23)c1. The number of ketones is 1. The second-order valence-electron chi connectivity index (χ2n) is 9.40. The van der Waals surface area contributed by atoms with Crippen molar-refractivity contribution in [3.8, 4) is 11.5 Å². The molecule has 0 aliphatic carbocycles. The van der Waals surface area contributed by atoms with Gasteiger partial charge >= 0.3 is 0 Å². The maximum Gasteiger partial charge on any atom is 0.240 e. The molecule has 2 amide bonds. The van der Waals surface area contributed by atoms with Gasteiger partial charge in [0.15, 0.2) is 5.78 Å². The number of halogens is 2. The molecule has 38 heavy (non-hydrogen) atoms. The molecule has 192 valence electrons. The van der Waals surface area contributed by atoms with Gasteiger partial charge in [0.2, 0.25) is 11.8 Å². The lowest BCUT2D eigenvalue weighted by atomic mass is 9.83. The van der Waals surface area contributed by atoms with Gasteiger partial charge in [-0.1, -0.05) is 47.5 Å². The summed E-state index contributed by atoms with van der Waals surface area (Å²) in [5.41, 5.74) is 2.37. The van der Waals surface area contributed by atoms with Crippen molar-refractivity contribution in [3.05, 3.63) is 93.6 Å². The molecule has 3 heterocycles. The number of Topliss-reactive ketones (excluding diaryl/α,β-unsaturated/α-hetero) is 1. The monoisotopic (exact) mass is 548 g/mol. The molecule has 0 bridgehead atoms. The first-order valence-electron chi connectivity index (χ1n) is 12.0. The third kappa shape index (κ3) is 3.61. The highest BCUT2D eigenvalue weighted by Gasteiger charge is 2.64. The number of anilines is 1. The number of imide groups is 1. The summed E-state index contributed by atoms with van der Waals surface area (Å²) in [6.07, 6.45) is 3.71. The van der Waals surface area contributed by atoms with E-state index >= 15 is 0 Å². The molecule has 0 aromatic heterocycles. The zero-order valence-corrected chi connectivity index (χ0v) is 21.9. The van der Waals surface area contributed by atoms with Crippen molar-refractivity contribution in [2.24, 2.45) is 11.8 Å². The molecule has 0 radical (unpaired) electrons. The van der Waals surface area contributed by atoms with Crippen LogP contribution >= 0.6 is 23.2 Å². The van der Waals surface area contributed by atoms with Crippen molar-refractivity contribution in [2.45, 2.75) is 12.1 Å². The first-order chi connectivity index (χ1) is 18.3. The zero-order chi connectivity index (χ0) is 26.7. The van der Waals surface area contributed by atoms with Crippen molar-refractivity contribution in [1.29, 1.82) is 0 Å². The van der Waals surface area contributed by atoms with Crippen LogP contribution in [0.5, 0.6) is 11.5 Å². The van der Waals surface area contributed by atoms with E-state index < -0.39 is 35.7 Å². The Balaban J connectivity index is 1.52. The number of hydrogen-bond donors (Lipinski definition) is 0. The summed E-state index contributed by atoms with van der Waals surface area (Å²) in [4.78, 5) is 45.3. The fraction of sp³-hybridized carbons (Fsp3) is 0.207. The maximum absolute atomic E-state index is 14.3.